The first-order chi connectivity index (χ1) is 14.5. The van der Waals surface area contributed by atoms with Gasteiger partial charge >= 0.3 is 6.03 Å². The molecule has 160 valence electrons. The lowest BCUT2D eigenvalue weighted by atomic mass is 9.93. The Kier molecular flexibility index (Phi) is 6.92. The van der Waals surface area contributed by atoms with Crippen molar-refractivity contribution in [3.8, 4) is 11.5 Å². The van der Waals surface area contributed by atoms with Gasteiger partial charge in [-0.1, -0.05) is 25.3 Å². The number of allylic oxidation sites excluding steroid dienone is 1. The van der Waals surface area contributed by atoms with Gasteiger partial charge in [-0.3, -0.25) is 19.8 Å². The molecule has 0 radical (unpaired) electrons. The summed E-state index contributed by atoms with van der Waals surface area (Å²) in [4.78, 5) is 39.2. The summed E-state index contributed by atoms with van der Waals surface area (Å²) >= 11 is 0. The highest BCUT2D eigenvalue weighted by Crippen LogP contribution is 2.35. The van der Waals surface area contributed by atoms with Crippen LogP contribution in [0.4, 0.5) is 4.79 Å². The molecule has 2 aliphatic rings. The van der Waals surface area contributed by atoms with Gasteiger partial charge in [0.25, 0.3) is 11.8 Å². The molecular weight excluding hydrogens is 384 g/mol. The zero-order valence-electron chi connectivity index (χ0n) is 17.5. The Hall–Kier alpha value is -3.09. The number of imide groups is 2. The van der Waals surface area contributed by atoms with Gasteiger partial charge < -0.3 is 9.47 Å². The van der Waals surface area contributed by atoms with Crippen molar-refractivity contribution in [2.75, 3.05) is 13.7 Å². The van der Waals surface area contributed by atoms with Crippen LogP contribution >= 0.6 is 0 Å². The number of ether oxygens (including phenoxy) is 2. The molecule has 30 heavy (non-hydrogen) atoms. The van der Waals surface area contributed by atoms with E-state index in [-0.39, 0.29) is 11.6 Å². The van der Waals surface area contributed by atoms with E-state index in [1.165, 1.54) is 11.0 Å². The number of barbiturate groups is 1. The van der Waals surface area contributed by atoms with Gasteiger partial charge in [0.2, 0.25) is 0 Å². The molecule has 0 spiro atoms. The number of benzene rings is 1. The highest BCUT2D eigenvalue weighted by Gasteiger charge is 2.40. The van der Waals surface area contributed by atoms with Gasteiger partial charge in [-0.15, -0.1) is 6.58 Å². The van der Waals surface area contributed by atoms with Gasteiger partial charge in [0, 0.05) is 11.6 Å². The summed E-state index contributed by atoms with van der Waals surface area (Å²) in [6.07, 6.45) is 8.35. The maximum Gasteiger partial charge on any atom is 0.331 e. The molecule has 1 N–H and O–H groups in total. The number of nitrogens with zero attached hydrogens (tertiary/aromatic N) is 1. The van der Waals surface area contributed by atoms with E-state index in [4.69, 9.17) is 9.47 Å². The molecule has 1 aliphatic heterocycles. The Morgan fingerprint density at radius 2 is 1.93 bits per heavy atom. The average Bonchev–Trinajstić information content (AvgIpc) is 2.72. The van der Waals surface area contributed by atoms with Gasteiger partial charge in [-0.05, 0) is 50.0 Å². The summed E-state index contributed by atoms with van der Waals surface area (Å²) in [5.74, 6) is -0.113. The molecular formula is C23H28N2O5. The molecule has 0 aromatic heterocycles. The van der Waals surface area contributed by atoms with Crippen LogP contribution in [0.1, 0.15) is 50.2 Å². The van der Waals surface area contributed by atoms with Gasteiger partial charge in [0.05, 0.1) is 13.7 Å². The maximum absolute atomic E-state index is 13.1. The summed E-state index contributed by atoms with van der Waals surface area (Å²) in [6.45, 7) is 6.07. The minimum atomic E-state index is -0.684. The fraction of sp³-hybridized carbons (Fsp3) is 0.435. The predicted molar refractivity (Wildman–Crippen MR) is 113 cm³/mol. The zero-order valence-corrected chi connectivity index (χ0v) is 17.5. The van der Waals surface area contributed by atoms with E-state index in [1.54, 1.807) is 19.3 Å². The second-order valence-electron chi connectivity index (χ2n) is 7.42. The summed E-state index contributed by atoms with van der Waals surface area (Å²) in [7, 11) is 1.56. The van der Waals surface area contributed by atoms with Crippen molar-refractivity contribution < 1.29 is 23.9 Å². The monoisotopic (exact) mass is 412 g/mol. The summed E-state index contributed by atoms with van der Waals surface area (Å²) in [6, 6.07) is 2.75. The summed E-state index contributed by atoms with van der Waals surface area (Å²) in [5, 5.41) is 2.32. The Balaban J connectivity index is 2.01. The molecule has 7 nitrogen and oxygen atoms in total. The Morgan fingerprint density at radius 1 is 1.20 bits per heavy atom. The van der Waals surface area contributed by atoms with Crippen molar-refractivity contribution in [2.45, 2.75) is 51.5 Å². The Labute approximate surface area is 176 Å². The number of urea groups is 1. The Bertz CT molecular complexity index is 884. The largest absolute Gasteiger partial charge is 0.493 e. The predicted octanol–water partition coefficient (Wildman–Crippen LogP) is 3.62. The third-order valence-electron chi connectivity index (χ3n) is 5.41. The molecule has 1 saturated carbocycles. The lowest BCUT2D eigenvalue weighted by Crippen LogP contribution is -2.58. The highest BCUT2D eigenvalue weighted by atomic mass is 16.5. The van der Waals surface area contributed by atoms with Crippen LogP contribution in [-0.4, -0.2) is 42.5 Å². The van der Waals surface area contributed by atoms with Gasteiger partial charge in [-0.25, -0.2) is 4.79 Å². The molecule has 4 amide bonds. The van der Waals surface area contributed by atoms with Crippen LogP contribution in [0.15, 0.2) is 30.4 Å². The van der Waals surface area contributed by atoms with Gasteiger partial charge in [0.15, 0.2) is 11.5 Å². The van der Waals surface area contributed by atoms with Crippen molar-refractivity contribution in [3.63, 3.8) is 0 Å². The second-order valence-corrected chi connectivity index (χ2v) is 7.42. The lowest BCUT2D eigenvalue weighted by molar-refractivity contribution is -0.132. The number of hydrogen-bond donors (Lipinski definition) is 1. The first kappa shape index (κ1) is 21.6. The molecule has 3 rings (SSSR count). The smallest absolute Gasteiger partial charge is 0.331 e. The fourth-order valence-corrected chi connectivity index (χ4v) is 4.08. The molecule has 1 aliphatic carbocycles. The van der Waals surface area contributed by atoms with Crippen molar-refractivity contribution >= 4 is 23.9 Å². The van der Waals surface area contributed by atoms with Gasteiger partial charge in [-0.2, -0.15) is 0 Å². The minimum absolute atomic E-state index is 0.0580. The van der Waals surface area contributed by atoms with E-state index in [0.29, 0.717) is 30.1 Å². The number of hydrogen-bond acceptors (Lipinski definition) is 5. The van der Waals surface area contributed by atoms with Crippen LogP contribution in [0.25, 0.3) is 6.08 Å². The lowest BCUT2D eigenvalue weighted by Gasteiger charge is -2.35. The maximum atomic E-state index is 13.1. The third kappa shape index (κ3) is 4.40. The number of carbonyl (C=O) groups is 3. The zero-order chi connectivity index (χ0) is 21.7. The van der Waals surface area contributed by atoms with E-state index in [2.05, 4.69) is 11.9 Å². The first-order valence-electron chi connectivity index (χ1n) is 10.3. The normalized spacial score (nSPS) is 19.1. The fourth-order valence-electron chi connectivity index (χ4n) is 4.08. The number of nitrogens with one attached hydrogen (secondary N) is 1. The summed E-state index contributed by atoms with van der Waals surface area (Å²) < 4.78 is 11.2. The minimum Gasteiger partial charge on any atom is -0.493 e. The molecule has 7 heteroatoms. The average molecular weight is 412 g/mol. The molecule has 0 atom stereocenters. The van der Waals surface area contributed by atoms with Crippen molar-refractivity contribution in [1.29, 1.82) is 0 Å². The van der Waals surface area contributed by atoms with Crippen molar-refractivity contribution in [1.82, 2.24) is 10.2 Å². The van der Waals surface area contributed by atoms with Crippen LogP contribution in [0.3, 0.4) is 0 Å². The second kappa shape index (κ2) is 9.61. The molecule has 1 aromatic rings. The highest BCUT2D eigenvalue weighted by molar-refractivity contribution is 6.31. The van der Waals surface area contributed by atoms with Crippen LogP contribution in [-0.2, 0) is 16.0 Å². The molecule has 0 unspecified atom stereocenters. The van der Waals surface area contributed by atoms with Gasteiger partial charge in [0.1, 0.15) is 5.57 Å². The van der Waals surface area contributed by atoms with E-state index in [9.17, 15) is 14.4 Å². The number of carbonyl (C=O) groups excluding carboxylic acids is 3. The number of amides is 4. The number of rotatable bonds is 7. The molecule has 2 fully saturated rings. The summed E-state index contributed by atoms with van der Waals surface area (Å²) in [5.41, 5.74) is 1.39. The van der Waals surface area contributed by atoms with E-state index in [0.717, 1.165) is 37.7 Å². The molecule has 1 aromatic carbocycles. The van der Waals surface area contributed by atoms with Crippen LogP contribution in [0.2, 0.25) is 0 Å². The first-order valence-corrected chi connectivity index (χ1v) is 10.3. The standard InChI is InChI=1S/C23H28N2O5/c1-4-9-16-12-15(14-19(30-5-2)20(16)29-3)13-18-21(26)24-23(28)25(22(18)27)17-10-7-6-8-11-17/h4,12-14,17H,1,5-11H2,2-3H3,(H,24,26,28). The third-order valence-corrected chi connectivity index (χ3v) is 5.41. The molecule has 1 saturated heterocycles. The van der Waals surface area contributed by atoms with Crippen molar-refractivity contribution in [2.24, 2.45) is 0 Å². The van der Waals surface area contributed by atoms with Crippen LogP contribution < -0.4 is 14.8 Å². The number of methoxy groups -OCH3 is 1. The van der Waals surface area contributed by atoms with E-state index in [1.807, 2.05) is 13.0 Å². The van der Waals surface area contributed by atoms with E-state index >= 15 is 0 Å². The molecule has 1 heterocycles. The van der Waals surface area contributed by atoms with Crippen LogP contribution in [0.5, 0.6) is 11.5 Å². The SMILES string of the molecule is C=CCc1cc(C=C2C(=O)NC(=O)N(C3CCCCC3)C2=O)cc(OCC)c1OC. The van der Waals surface area contributed by atoms with E-state index < -0.39 is 17.8 Å². The van der Waals surface area contributed by atoms with Crippen molar-refractivity contribution in [3.05, 3.63) is 41.5 Å². The molecule has 0 bridgehead atoms. The quantitative estimate of drug-likeness (QED) is 0.420. The van der Waals surface area contributed by atoms with Crippen LogP contribution in [0, 0.1) is 0 Å². The Morgan fingerprint density at radius 3 is 2.57 bits per heavy atom. The topological polar surface area (TPSA) is 84.9 Å².